The Morgan fingerprint density at radius 3 is 2.95 bits per heavy atom. The van der Waals surface area contributed by atoms with E-state index in [0.29, 0.717) is 30.4 Å². The summed E-state index contributed by atoms with van der Waals surface area (Å²) in [5, 5.41) is 24.9. The smallest absolute Gasteiger partial charge is 0.260 e. The van der Waals surface area contributed by atoms with Crippen molar-refractivity contribution in [2.24, 2.45) is 0 Å². The third-order valence-corrected chi connectivity index (χ3v) is 3.04. The summed E-state index contributed by atoms with van der Waals surface area (Å²) in [6.07, 6.45) is 0.545. The molecule has 1 fully saturated rings. The summed E-state index contributed by atoms with van der Waals surface area (Å²) in [5.41, 5.74) is -0.629. The van der Waals surface area contributed by atoms with Crippen LogP contribution in [0.2, 0.25) is 0 Å². The second-order valence-electron chi connectivity index (χ2n) is 4.34. The van der Waals surface area contributed by atoms with Gasteiger partial charge in [0.2, 0.25) is 11.7 Å². The zero-order valence-corrected chi connectivity index (χ0v) is 10.3. The quantitative estimate of drug-likeness (QED) is 0.778. The Balaban J connectivity index is 1.87. The van der Waals surface area contributed by atoms with Gasteiger partial charge in [-0.3, -0.25) is 0 Å². The van der Waals surface area contributed by atoms with E-state index >= 15 is 0 Å². The zero-order chi connectivity index (χ0) is 13.3. The average molecular weight is 263 g/mol. The van der Waals surface area contributed by atoms with Gasteiger partial charge in [0.05, 0.1) is 7.11 Å². The fourth-order valence-corrected chi connectivity index (χ4v) is 1.93. The lowest BCUT2D eigenvalue weighted by Crippen LogP contribution is -2.28. The minimum Gasteiger partial charge on any atom is -0.480 e. The van der Waals surface area contributed by atoms with Gasteiger partial charge in [0, 0.05) is 12.6 Å². The first kappa shape index (κ1) is 12.0. The number of nitrogens with zero attached hydrogens (tertiary/aromatic N) is 4. The van der Waals surface area contributed by atoms with E-state index in [-0.39, 0.29) is 5.89 Å². The molecule has 1 atom stereocenters. The molecule has 0 amide bonds. The van der Waals surface area contributed by atoms with Crippen molar-refractivity contribution in [3.8, 4) is 17.4 Å². The molecule has 1 unspecified atom stereocenters. The minimum absolute atomic E-state index is 0.199. The van der Waals surface area contributed by atoms with Crippen molar-refractivity contribution < 1.29 is 14.4 Å². The van der Waals surface area contributed by atoms with Crippen LogP contribution in [0.3, 0.4) is 0 Å². The van der Waals surface area contributed by atoms with Crippen molar-refractivity contribution >= 4 is 0 Å². The molecular weight excluding hydrogens is 250 g/mol. The molecule has 8 heteroatoms. The van der Waals surface area contributed by atoms with Gasteiger partial charge in [0.25, 0.3) is 5.89 Å². The first-order valence-electron chi connectivity index (χ1n) is 5.87. The Morgan fingerprint density at radius 2 is 2.32 bits per heavy atom. The lowest BCUT2D eigenvalue weighted by Gasteiger charge is -2.14. The summed E-state index contributed by atoms with van der Waals surface area (Å²) in [4.78, 5) is 4.18. The highest BCUT2D eigenvalue weighted by molar-refractivity contribution is 5.47. The molecular formula is C11H13N5O3. The monoisotopic (exact) mass is 263 g/mol. The second-order valence-corrected chi connectivity index (χ2v) is 4.34. The molecule has 2 N–H and O–H groups in total. The van der Waals surface area contributed by atoms with Gasteiger partial charge in [0.1, 0.15) is 5.69 Å². The summed E-state index contributed by atoms with van der Waals surface area (Å²) < 4.78 is 10.0. The van der Waals surface area contributed by atoms with E-state index < -0.39 is 5.60 Å². The molecule has 100 valence electrons. The van der Waals surface area contributed by atoms with E-state index in [9.17, 15) is 5.11 Å². The summed E-state index contributed by atoms with van der Waals surface area (Å²) in [7, 11) is 1.51. The van der Waals surface area contributed by atoms with Gasteiger partial charge in [-0.25, -0.2) is 0 Å². The van der Waals surface area contributed by atoms with Crippen LogP contribution in [0, 0.1) is 0 Å². The number of methoxy groups -OCH3 is 1. The third-order valence-electron chi connectivity index (χ3n) is 3.04. The van der Waals surface area contributed by atoms with Gasteiger partial charge in [-0.1, -0.05) is 5.16 Å². The van der Waals surface area contributed by atoms with Crippen LogP contribution in [0.25, 0.3) is 11.5 Å². The molecule has 3 rings (SSSR count). The fourth-order valence-electron chi connectivity index (χ4n) is 1.93. The van der Waals surface area contributed by atoms with Crippen molar-refractivity contribution in [3.63, 3.8) is 0 Å². The van der Waals surface area contributed by atoms with Crippen LogP contribution in [0.1, 0.15) is 12.3 Å². The topological polar surface area (TPSA) is 106 Å². The molecule has 1 aliphatic heterocycles. The largest absolute Gasteiger partial charge is 0.480 e. The third kappa shape index (κ3) is 2.15. The Morgan fingerprint density at radius 1 is 1.42 bits per heavy atom. The van der Waals surface area contributed by atoms with Crippen LogP contribution in [0.5, 0.6) is 5.88 Å². The van der Waals surface area contributed by atoms with Crippen molar-refractivity contribution in [2.75, 3.05) is 20.2 Å². The molecule has 1 aliphatic rings. The van der Waals surface area contributed by atoms with E-state index in [1.165, 1.54) is 7.11 Å². The maximum atomic E-state index is 10.3. The van der Waals surface area contributed by atoms with Gasteiger partial charge >= 0.3 is 0 Å². The molecule has 0 aromatic carbocycles. The average Bonchev–Trinajstić information content (AvgIpc) is 3.08. The van der Waals surface area contributed by atoms with Gasteiger partial charge in [-0.2, -0.15) is 4.98 Å². The van der Waals surface area contributed by atoms with Crippen LogP contribution < -0.4 is 10.1 Å². The lowest BCUT2D eigenvalue weighted by atomic mass is 10.0. The van der Waals surface area contributed by atoms with E-state index in [1.807, 2.05) is 0 Å². The zero-order valence-electron chi connectivity index (χ0n) is 10.3. The highest BCUT2D eigenvalue weighted by Crippen LogP contribution is 2.27. The molecule has 8 nitrogen and oxygen atoms in total. The molecule has 1 saturated heterocycles. The van der Waals surface area contributed by atoms with Crippen LogP contribution in [0.4, 0.5) is 0 Å². The Bertz CT molecular complexity index is 562. The number of nitrogens with one attached hydrogen (secondary N) is 1. The number of hydrogen-bond donors (Lipinski definition) is 2. The number of rotatable bonds is 3. The predicted molar refractivity (Wildman–Crippen MR) is 63.3 cm³/mol. The molecule has 0 aliphatic carbocycles. The van der Waals surface area contributed by atoms with Gasteiger partial charge < -0.3 is 19.7 Å². The van der Waals surface area contributed by atoms with E-state index in [2.05, 4.69) is 25.7 Å². The number of aromatic nitrogens is 4. The normalized spacial score (nSPS) is 22.6. The summed E-state index contributed by atoms with van der Waals surface area (Å²) in [6, 6.07) is 3.33. The Labute approximate surface area is 108 Å². The van der Waals surface area contributed by atoms with Gasteiger partial charge in [0.15, 0.2) is 5.60 Å². The Hall–Kier alpha value is -2.06. The molecule has 2 aromatic rings. The van der Waals surface area contributed by atoms with E-state index in [0.717, 1.165) is 6.54 Å². The van der Waals surface area contributed by atoms with Crippen molar-refractivity contribution in [2.45, 2.75) is 12.0 Å². The highest BCUT2D eigenvalue weighted by atomic mass is 16.5. The molecule has 2 aromatic heterocycles. The molecule has 0 saturated carbocycles. The maximum absolute atomic E-state index is 10.3. The number of ether oxygens (including phenoxy) is 1. The SMILES string of the molecule is COc1ccc(-c2noc(C3(O)CCNC3)n2)nn1. The van der Waals surface area contributed by atoms with Crippen LogP contribution in [-0.4, -0.2) is 45.6 Å². The van der Waals surface area contributed by atoms with Crippen molar-refractivity contribution in [1.29, 1.82) is 0 Å². The van der Waals surface area contributed by atoms with Crippen LogP contribution in [-0.2, 0) is 5.60 Å². The molecule has 0 spiro atoms. The molecule has 19 heavy (non-hydrogen) atoms. The molecule has 0 bridgehead atoms. The number of hydrogen-bond acceptors (Lipinski definition) is 8. The maximum Gasteiger partial charge on any atom is 0.260 e. The van der Waals surface area contributed by atoms with Gasteiger partial charge in [-0.05, 0) is 19.0 Å². The summed E-state index contributed by atoms with van der Waals surface area (Å²) in [5.74, 6) is 0.904. The number of aliphatic hydroxyl groups is 1. The van der Waals surface area contributed by atoms with Crippen molar-refractivity contribution in [3.05, 3.63) is 18.0 Å². The predicted octanol–water partition coefficient (Wildman–Crippen LogP) is -0.284. The summed E-state index contributed by atoms with van der Waals surface area (Å²) in [6.45, 7) is 1.12. The standard InChI is InChI=1S/C11H13N5O3/c1-18-8-3-2-7(14-15-8)9-13-10(19-16-9)11(17)4-5-12-6-11/h2-3,12,17H,4-6H2,1H3. The van der Waals surface area contributed by atoms with Crippen molar-refractivity contribution in [1.82, 2.24) is 25.7 Å². The highest BCUT2D eigenvalue weighted by Gasteiger charge is 2.38. The molecule has 0 radical (unpaired) electrons. The Kier molecular flexibility index (Phi) is 2.88. The molecule has 3 heterocycles. The van der Waals surface area contributed by atoms with Gasteiger partial charge in [-0.15, -0.1) is 10.2 Å². The van der Waals surface area contributed by atoms with Crippen LogP contribution >= 0.6 is 0 Å². The summed E-state index contributed by atoms with van der Waals surface area (Å²) >= 11 is 0. The first-order valence-corrected chi connectivity index (χ1v) is 5.87. The minimum atomic E-state index is -1.09. The van der Waals surface area contributed by atoms with Crippen LogP contribution in [0.15, 0.2) is 16.7 Å². The van der Waals surface area contributed by atoms with E-state index in [1.54, 1.807) is 12.1 Å². The van der Waals surface area contributed by atoms with E-state index in [4.69, 9.17) is 9.26 Å². The second kappa shape index (κ2) is 4.56. The lowest BCUT2D eigenvalue weighted by molar-refractivity contribution is 0.0243. The fraction of sp³-hybridized carbons (Fsp3) is 0.455. The first-order chi connectivity index (χ1) is 9.21. The number of β-amino-alcohol motifs (C(OH)–C–C–N with tert-alkyl or cyclic N) is 1.